The van der Waals surface area contributed by atoms with E-state index in [4.69, 9.17) is 19.9 Å². The third-order valence-corrected chi connectivity index (χ3v) is 10.0. The van der Waals surface area contributed by atoms with Crippen molar-refractivity contribution in [3.05, 3.63) is 185 Å². The molecule has 6 aromatic rings. The normalized spacial score (nSPS) is 13.6. The minimum absolute atomic E-state index is 0.216. The zero-order chi connectivity index (χ0) is 37.8. The third kappa shape index (κ3) is 6.34. The topological polar surface area (TPSA) is 114 Å². The highest BCUT2D eigenvalue weighted by molar-refractivity contribution is 5.89. The average Bonchev–Trinajstić information content (AvgIpc) is 3.84. The summed E-state index contributed by atoms with van der Waals surface area (Å²) >= 11 is 0. The standard InChI is InChI=1S/C45H44N6O3/c1-5-18-39-46-41(43(3,4)53)40(42(52)54-6-2)51(39)31-32-27-29-33(30-28-32)37-25-16-17-26-38(37)45(47-49-50-48-45)44(34-19-10-7-11-20-34,35-21-12-8-13-22-35)36-23-14-9-15-24-36/h7-17,19-30,53H,5-6,18,31H2,1-4H3. The van der Waals surface area contributed by atoms with Gasteiger partial charge in [0.05, 0.1) is 12.0 Å². The van der Waals surface area contributed by atoms with E-state index in [1.807, 2.05) is 71.3 Å². The number of carbonyl (C=O) groups excluding carboxylic acids is 1. The van der Waals surface area contributed by atoms with Crippen molar-refractivity contribution in [2.75, 3.05) is 6.61 Å². The van der Waals surface area contributed by atoms with E-state index >= 15 is 0 Å². The fraction of sp³-hybridized carbons (Fsp3) is 0.244. The van der Waals surface area contributed by atoms with Gasteiger partial charge in [-0.2, -0.15) is 0 Å². The van der Waals surface area contributed by atoms with Crippen molar-refractivity contribution in [2.45, 2.75) is 63.8 Å². The van der Waals surface area contributed by atoms with Gasteiger partial charge >= 0.3 is 5.97 Å². The monoisotopic (exact) mass is 716 g/mol. The number of aliphatic hydroxyl groups is 1. The van der Waals surface area contributed by atoms with Gasteiger partial charge in [-0.05, 0) is 71.0 Å². The minimum atomic E-state index is -1.33. The van der Waals surface area contributed by atoms with E-state index in [9.17, 15) is 9.90 Å². The van der Waals surface area contributed by atoms with Crippen LogP contribution in [0.15, 0.2) is 160 Å². The number of rotatable bonds is 13. The van der Waals surface area contributed by atoms with Gasteiger partial charge in [0.1, 0.15) is 17.1 Å². The number of benzene rings is 5. The largest absolute Gasteiger partial charge is 0.461 e. The maximum absolute atomic E-state index is 13.3. The van der Waals surface area contributed by atoms with Crippen molar-refractivity contribution in [3.63, 3.8) is 0 Å². The summed E-state index contributed by atoms with van der Waals surface area (Å²) in [6.07, 6.45) is 1.47. The number of aryl methyl sites for hydroxylation is 1. The SMILES string of the molecule is CCCc1nc(C(C)(C)O)c(C(=O)OCC)n1Cc1ccc(-c2ccccc2C2(C(c3ccccc3)(c3ccccc3)c3ccccc3)N=NN=N2)cc1. The Kier molecular flexibility index (Phi) is 10.2. The number of carbonyl (C=O) groups is 1. The molecule has 1 aromatic heterocycles. The van der Waals surface area contributed by atoms with E-state index in [-0.39, 0.29) is 12.3 Å². The molecule has 0 atom stereocenters. The molecule has 9 heteroatoms. The van der Waals surface area contributed by atoms with Crippen molar-refractivity contribution in [1.82, 2.24) is 9.55 Å². The predicted molar refractivity (Wildman–Crippen MR) is 209 cm³/mol. The average molecular weight is 717 g/mol. The predicted octanol–water partition coefficient (Wildman–Crippen LogP) is 9.98. The number of imidazole rings is 1. The van der Waals surface area contributed by atoms with Gasteiger partial charge in [-0.3, -0.25) is 0 Å². The first-order chi connectivity index (χ1) is 26.2. The van der Waals surface area contributed by atoms with Crippen LogP contribution in [0, 0.1) is 0 Å². The van der Waals surface area contributed by atoms with E-state index in [1.54, 1.807) is 20.8 Å². The molecule has 0 fully saturated rings. The van der Waals surface area contributed by atoms with Crippen LogP contribution in [0.25, 0.3) is 11.1 Å². The summed E-state index contributed by atoms with van der Waals surface area (Å²) in [5.41, 5.74) is 3.67. The Hall–Kier alpha value is -6.06. The molecule has 0 bridgehead atoms. The van der Waals surface area contributed by atoms with E-state index in [2.05, 4.69) is 90.2 Å². The Morgan fingerprint density at radius 2 is 1.24 bits per heavy atom. The highest BCUT2D eigenvalue weighted by atomic mass is 16.5. The number of nitrogens with zero attached hydrogens (tertiary/aromatic N) is 6. The Labute approximate surface area is 316 Å². The zero-order valence-electron chi connectivity index (χ0n) is 31.1. The van der Waals surface area contributed by atoms with Gasteiger partial charge in [-0.1, -0.05) is 146 Å². The molecule has 2 heterocycles. The number of hydrogen-bond acceptors (Lipinski definition) is 8. The lowest BCUT2D eigenvalue weighted by Crippen LogP contribution is -2.48. The van der Waals surface area contributed by atoms with Gasteiger partial charge in [0.25, 0.3) is 0 Å². The highest BCUT2D eigenvalue weighted by Gasteiger charge is 2.60. The molecule has 9 nitrogen and oxygen atoms in total. The molecular weight excluding hydrogens is 673 g/mol. The van der Waals surface area contributed by atoms with E-state index in [0.29, 0.717) is 18.7 Å². The van der Waals surface area contributed by atoms with Crippen molar-refractivity contribution in [2.24, 2.45) is 20.7 Å². The van der Waals surface area contributed by atoms with Gasteiger partial charge in [0, 0.05) is 18.5 Å². The van der Waals surface area contributed by atoms with Crippen LogP contribution in [-0.4, -0.2) is 27.2 Å². The fourth-order valence-corrected chi connectivity index (χ4v) is 7.75. The van der Waals surface area contributed by atoms with Crippen LogP contribution < -0.4 is 0 Å². The summed E-state index contributed by atoms with van der Waals surface area (Å²) in [7, 11) is 0. The fourth-order valence-electron chi connectivity index (χ4n) is 7.75. The van der Waals surface area contributed by atoms with Gasteiger partial charge in [0.2, 0.25) is 5.66 Å². The van der Waals surface area contributed by atoms with Gasteiger partial charge in [-0.15, -0.1) is 10.2 Å². The molecule has 0 aliphatic carbocycles. The first-order valence-electron chi connectivity index (χ1n) is 18.4. The van der Waals surface area contributed by atoms with E-state index in [1.165, 1.54) is 0 Å². The maximum Gasteiger partial charge on any atom is 0.357 e. The lowest BCUT2D eigenvalue weighted by molar-refractivity contribution is 0.0469. The van der Waals surface area contributed by atoms with Crippen LogP contribution in [0.5, 0.6) is 0 Å². The molecule has 5 aromatic carbocycles. The van der Waals surface area contributed by atoms with Crippen LogP contribution in [-0.2, 0) is 34.4 Å². The molecular formula is C45H44N6O3. The Morgan fingerprint density at radius 3 is 1.74 bits per heavy atom. The lowest BCUT2D eigenvalue weighted by atomic mass is 9.59. The van der Waals surface area contributed by atoms with E-state index in [0.717, 1.165) is 51.2 Å². The number of hydrogen-bond donors (Lipinski definition) is 1. The molecule has 0 saturated carbocycles. The Bertz CT molecular complexity index is 2170. The minimum Gasteiger partial charge on any atom is -0.461 e. The quantitative estimate of drug-likeness (QED) is 0.0947. The summed E-state index contributed by atoms with van der Waals surface area (Å²) < 4.78 is 7.35. The first-order valence-corrected chi connectivity index (χ1v) is 18.4. The summed E-state index contributed by atoms with van der Waals surface area (Å²) in [6.45, 7) is 7.71. The van der Waals surface area contributed by atoms with Crippen LogP contribution in [0.2, 0.25) is 0 Å². The molecule has 1 aliphatic rings. The Morgan fingerprint density at radius 1 is 0.722 bits per heavy atom. The number of aromatic nitrogens is 2. The number of esters is 1. The highest BCUT2D eigenvalue weighted by Crippen LogP contribution is 2.58. The van der Waals surface area contributed by atoms with Crippen molar-refractivity contribution >= 4 is 5.97 Å². The summed E-state index contributed by atoms with van der Waals surface area (Å²) in [4.78, 5) is 18.1. The smallest absolute Gasteiger partial charge is 0.357 e. The second-order valence-electron chi connectivity index (χ2n) is 14.0. The zero-order valence-corrected chi connectivity index (χ0v) is 31.1. The van der Waals surface area contributed by atoms with Crippen LogP contribution >= 0.6 is 0 Å². The Balaban J connectivity index is 1.38. The summed E-state index contributed by atoms with van der Waals surface area (Å²) in [5.74, 6) is 0.226. The van der Waals surface area contributed by atoms with Crippen molar-refractivity contribution in [1.29, 1.82) is 0 Å². The van der Waals surface area contributed by atoms with Crippen molar-refractivity contribution in [3.8, 4) is 11.1 Å². The molecule has 54 heavy (non-hydrogen) atoms. The molecule has 1 N–H and O–H groups in total. The third-order valence-electron chi connectivity index (χ3n) is 10.0. The van der Waals surface area contributed by atoms with Crippen LogP contribution in [0.1, 0.15) is 83.9 Å². The second kappa shape index (κ2) is 15.1. The number of ether oxygens (including phenoxy) is 1. The molecule has 0 radical (unpaired) electrons. The second-order valence-corrected chi connectivity index (χ2v) is 14.0. The summed E-state index contributed by atoms with van der Waals surface area (Å²) in [5, 5.41) is 29.5. The lowest BCUT2D eigenvalue weighted by Gasteiger charge is -2.45. The first kappa shape index (κ1) is 36.3. The molecule has 0 saturated heterocycles. The van der Waals surface area contributed by atoms with E-state index < -0.39 is 22.6 Å². The van der Waals surface area contributed by atoms with Gasteiger partial charge in [0.15, 0.2) is 5.69 Å². The van der Waals surface area contributed by atoms with Crippen LogP contribution in [0.3, 0.4) is 0 Å². The molecule has 7 rings (SSSR count). The van der Waals surface area contributed by atoms with Gasteiger partial charge < -0.3 is 14.4 Å². The molecule has 0 amide bonds. The van der Waals surface area contributed by atoms with Crippen molar-refractivity contribution < 1.29 is 14.6 Å². The molecule has 0 spiro atoms. The van der Waals surface area contributed by atoms with Gasteiger partial charge in [-0.25, -0.2) is 9.78 Å². The van der Waals surface area contributed by atoms with Crippen LogP contribution in [0.4, 0.5) is 0 Å². The molecule has 1 aliphatic heterocycles. The summed E-state index contributed by atoms with van der Waals surface area (Å²) in [6, 6.07) is 47.5. The molecule has 272 valence electrons. The molecule has 0 unspecified atom stereocenters. The maximum atomic E-state index is 13.3.